The van der Waals surface area contributed by atoms with E-state index in [0.717, 1.165) is 0 Å². The van der Waals surface area contributed by atoms with Crippen LogP contribution in [0, 0.1) is 0 Å². The number of hydrogen-bond acceptors (Lipinski definition) is 3. The Hall–Kier alpha value is -1.65. The van der Waals surface area contributed by atoms with Crippen LogP contribution in [0.15, 0.2) is 6.07 Å². The van der Waals surface area contributed by atoms with Crippen molar-refractivity contribution in [3.8, 4) is 0 Å². The van der Waals surface area contributed by atoms with Crippen molar-refractivity contribution >= 4 is 11.7 Å². The molecule has 0 aromatic carbocycles. The molecule has 0 fully saturated rings. The van der Waals surface area contributed by atoms with Crippen LogP contribution >= 0.6 is 0 Å². The fourth-order valence-electron chi connectivity index (χ4n) is 1.02. The molecule has 0 saturated heterocycles. The lowest BCUT2D eigenvalue weighted by molar-refractivity contribution is 0.0914. The van der Waals surface area contributed by atoms with Crippen LogP contribution in [0.5, 0.6) is 0 Å². The number of ketones is 1. The number of carbonyl (C=O) groups is 2. The quantitative estimate of drug-likeness (QED) is 0.717. The summed E-state index contributed by atoms with van der Waals surface area (Å²) < 4.78 is 0. The number of H-pyrrole nitrogens is 1. The lowest BCUT2D eigenvalue weighted by Gasteiger charge is -2.19. The first kappa shape index (κ1) is 11.4. The largest absolute Gasteiger partial charge is 0.346 e. The maximum Gasteiger partial charge on any atom is 0.272 e. The van der Waals surface area contributed by atoms with E-state index in [1.165, 1.54) is 13.0 Å². The zero-order valence-corrected chi connectivity index (χ0v) is 9.34. The summed E-state index contributed by atoms with van der Waals surface area (Å²) in [5, 5.41) is 9.03. The Kier molecular flexibility index (Phi) is 2.93. The molecule has 1 heterocycles. The van der Waals surface area contributed by atoms with Crippen molar-refractivity contribution in [2.24, 2.45) is 0 Å². The first-order valence-electron chi connectivity index (χ1n) is 4.68. The van der Waals surface area contributed by atoms with Gasteiger partial charge in [-0.15, -0.1) is 0 Å². The van der Waals surface area contributed by atoms with E-state index in [9.17, 15) is 9.59 Å². The van der Waals surface area contributed by atoms with Gasteiger partial charge < -0.3 is 5.32 Å². The first-order chi connectivity index (χ1) is 6.79. The standard InChI is InChI=1S/C10H15N3O2/c1-6(14)7-5-8(13-12-7)9(15)11-10(2,3)4/h5H,1-4H3,(H,11,15)(H,12,13). The number of rotatable bonds is 2. The summed E-state index contributed by atoms with van der Waals surface area (Å²) in [5.74, 6) is -0.427. The van der Waals surface area contributed by atoms with Crippen molar-refractivity contribution in [1.29, 1.82) is 0 Å². The third-order valence-corrected chi connectivity index (χ3v) is 1.68. The molecule has 0 aliphatic heterocycles. The highest BCUT2D eigenvalue weighted by Crippen LogP contribution is 2.04. The molecule has 82 valence electrons. The average molecular weight is 209 g/mol. The average Bonchev–Trinajstić information content (AvgIpc) is 2.47. The SMILES string of the molecule is CC(=O)c1cc(C(=O)NC(C)(C)C)n[nH]1. The molecule has 0 unspecified atom stereocenters. The van der Waals surface area contributed by atoms with Crippen LogP contribution in [-0.2, 0) is 0 Å². The smallest absolute Gasteiger partial charge is 0.272 e. The van der Waals surface area contributed by atoms with Crippen molar-refractivity contribution in [3.05, 3.63) is 17.5 Å². The first-order valence-corrected chi connectivity index (χ1v) is 4.68. The lowest BCUT2D eigenvalue weighted by Crippen LogP contribution is -2.40. The topological polar surface area (TPSA) is 74.8 Å². The summed E-state index contributed by atoms with van der Waals surface area (Å²) in [5.41, 5.74) is 0.260. The van der Waals surface area contributed by atoms with Crippen molar-refractivity contribution in [3.63, 3.8) is 0 Å². The summed E-state index contributed by atoms with van der Waals surface area (Å²) >= 11 is 0. The van der Waals surface area contributed by atoms with Crippen LogP contribution in [0.2, 0.25) is 0 Å². The minimum atomic E-state index is -0.313. The third kappa shape index (κ3) is 3.19. The van der Waals surface area contributed by atoms with E-state index in [1.807, 2.05) is 20.8 Å². The van der Waals surface area contributed by atoms with Crippen molar-refractivity contribution < 1.29 is 9.59 Å². The number of nitrogens with zero attached hydrogens (tertiary/aromatic N) is 1. The second kappa shape index (κ2) is 3.84. The molecule has 5 heteroatoms. The molecule has 15 heavy (non-hydrogen) atoms. The highest BCUT2D eigenvalue weighted by atomic mass is 16.2. The molecule has 0 aliphatic rings. The van der Waals surface area contributed by atoms with Crippen molar-refractivity contribution in [1.82, 2.24) is 15.5 Å². The number of amides is 1. The van der Waals surface area contributed by atoms with Crippen LogP contribution in [0.1, 0.15) is 48.7 Å². The van der Waals surface area contributed by atoms with Crippen LogP contribution in [0.4, 0.5) is 0 Å². The second-order valence-electron chi connectivity index (χ2n) is 4.43. The summed E-state index contributed by atoms with van der Waals surface area (Å²) in [4.78, 5) is 22.6. The molecule has 5 nitrogen and oxygen atoms in total. The molecular weight excluding hydrogens is 194 g/mol. The van der Waals surface area contributed by atoms with Crippen molar-refractivity contribution in [2.45, 2.75) is 33.2 Å². The monoisotopic (exact) mass is 209 g/mol. The van der Waals surface area contributed by atoms with Gasteiger partial charge in [0, 0.05) is 12.5 Å². The van der Waals surface area contributed by atoms with Gasteiger partial charge in [0.25, 0.3) is 5.91 Å². The molecule has 1 aromatic rings. The van der Waals surface area contributed by atoms with Gasteiger partial charge in [0.1, 0.15) is 5.69 Å². The maximum atomic E-state index is 11.6. The molecular formula is C10H15N3O2. The second-order valence-corrected chi connectivity index (χ2v) is 4.43. The summed E-state index contributed by atoms with van der Waals surface area (Å²) in [7, 11) is 0. The highest BCUT2D eigenvalue weighted by molar-refractivity contribution is 5.97. The van der Waals surface area contributed by atoms with Gasteiger partial charge in [-0.05, 0) is 26.8 Å². The van der Waals surface area contributed by atoms with Gasteiger partial charge in [-0.3, -0.25) is 14.7 Å². The number of Topliss-reactive ketones (excluding diaryl/α,β-unsaturated/α-hetero) is 1. The maximum absolute atomic E-state index is 11.6. The van der Waals surface area contributed by atoms with Gasteiger partial charge >= 0.3 is 0 Å². The Labute approximate surface area is 88.3 Å². The number of hydrogen-bond donors (Lipinski definition) is 2. The predicted molar refractivity (Wildman–Crippen MR) is 55.8 cm³/mol. The Morgan fingerprint density at radius 3 is 2.40 bits per heavy atom. The molecule has 1 aromatic heterocycles. The Morgan fingerprint density at radius 2 is 2.00 bits per heavy atom. The third-order valence-electron chi connectivity index (χ3n) is 1.68. The van der Waals surface area contributed by atoms with Crippen LogP contribution in [0.3, 0.4) is 0 Å². The normalized spacial score (nSPS) is 11.2. The van der Waals surface area contributed by atoms with E-state index in [0.29, 0.717) is 5.69 Å². The molecule has 1 amide bonds. The van der Waals surface area contributed by atoms with Crippen LogP contribution < -0.4 is 5.32 Å². The minimum absolute atomic E-state index is 0.141. The Balaban J connectivity index is 2.79. The summed E-state index contributed by atoms with van der Waals surface area (Å²) in [6.45, 7) is 7.05. The zero-order chi connectivity index (χ0) is 11.6. The number of carbonyl (C=O) groups excluding carboxylic acids is 2. The van der Waals surface area contributed by atoms with Gasteiger partial charge in [0.15, 0.2) is 11.5 Å². The van der Waals surface area contributed by atoms with Gasteiger partial charge in [-0.25, -0.2) is 0 Å². The van der Waals surface area contributed by atoms with E-state index in [4.69, 9.17) is 0 Å². The summed E-state index contributed by atoms with van der Waals surface area (Å²) in [6, 6.07) is 1.45. The zero-order valence-electron chi connectivity index (χ0n) is 9.34. The van der Waals surface area contributed by atoms with Gasteiger partial charge in [-0.2, -0.15) is 5.10 Å². The predicted octanol–water partition coefficient (Wildman–Crippen LogP) is 1.14. The Bertz CT molecular complexity index is 388. The van der Waals surface area contributed by atoms with E-state index >= 15 is 0 Å². The summed E-state index contributed by atoms with van der Waals surface area (Å²) in [6.07, 6.45) is 0. The van der Waals surface area contributed by atoms with Crippen LogP contribution in [0.25, 0.3) is 0 Å². The fraction of sp³-hybridized carbons (Fsp3) is 0.500. The minimum Gasteiger partial charge on any atom is -0.346 e. The lowest BCUT2D eigenvalue weighted by atomic mass is 10.1. The molecule has 0 atom stereocenters. The number of nitrogens with one attached hydrogen (secondary N) is 2. The molecule has 0 spiro atoms. The molecule has 0 radical (unpaired) electrons. The van der Waals surface area contributed by atoms with Crippen LogP contribution in [-0.4, -0.2) is 27.4 Å². The van der Waals surface area contributed by atoms with E-state index in [1.54, 1.807) is 0 Å². The highest BCUT2D eigenvalue weighted by Gasteiger charge is 2.18. The van der Waals surface area contributed by atoms with Crippen molar-refractivity contribution in [2.75, 3.05) is 0 Å². The fourth-order valence-corrected chi connectivity index (χ4v) is 1.02. The number of aromatic amines is 1. The van der Waals surface area contributed by atoms with Gasteiger partial charge in [0.05, 0.1) is 0 Å². The van der Waals surface area contributed by atoms with E-state index in [2.05, 4.69) is 15.5 Å². The van der Waals surface area contributed by atoms with E-state index < -0.39 is 0 Å². The van der Waals surface area contributed by atoms with E-state index in [-0.39, 0.29) is 22.9 Å². The van der Waals surface area contributed by atoms with Gasteiger partial charge in [-0.1, -0.05) is 0 Å². The van der Waals surface area contributed by atoms with Gasteiger partial charge in [0.2, 0.25) is 0 Å². The molecule has 0 aliphatic carbocycles. The Morgan fingerprint density at radius 1 is 1.40 bits per heavy atom. The molecule has 0 bridgehead atoms. The molecule has 1 rings (SSSR count). The molecule has 2 N–H and O–H groups in total. The molecule has 0 saturated carbocycles. The number of aromatic nitrogens is 2.